The molecule has 0 radical (unpaired) electrons. The van der Waals surface area contributed by atoms with Crippen molar-refractivity contribution in [3.63, 3.8) is 0 Å². The van der Waals surface area contributed by atoms with Crippen LogP contribution in [0.4, 0.5) is 0 Å². The summed E-state index contributed by atoms with van der Waals surface area (Å²) in [6, 6.07) is 8.13. The Bertz CT molecular complexity index is 273. The molecule has 0 aromatic heterocycles. The third-order valence-corrected chi connectivity index (χ3v) is 3.27. The second kappa shape index (κ2) is 6.75. The van der Waals surface area contributed by atoms with Crippen LogP contribution in [0.2, 0.25) is 0 Å². The Balaban J connectivity index is 2.17. The molecule has 3 heteroatoms. The molecule has 0 heterocycles. The van der Waals surface area contributed by atoms with Crippen molar-refractivity contribution in [3.05, 3.63) is 29.8 Å². The summed E-state index contributed by atoms with van der Waals surface area (Å²) in [7, 11) is 0. The maximum atomic E-state index is 5.59. The van der Waals surface area contributed by atoms with Crippen LogP contribution in [0.25, 0.3) is 0 Å². The molecular weight excluding hydrogens is 206 g/mol. The molecule has 84 valence electrons. The highest BCUT2D eigenvalue weighted by molar-refractivity contribution is 7.99. The summed E-state index contributed by atoms with van der Waals surface area (Å²) < 4.78 is 5.59. The second-order valence-corrected chi connectivity index (χ2v) is 5.12. The lowest BCUT2D eigenvalue weighted by Crippen LogP contribution is -2.14. The van der Waals surface area contributed by atoms with Crippen molar-refractivity contribution < 1.29 is 4.74 Å². The molecule has 2 N–H and O–H groups in total. The molecule has 0 bridgehead atoms. The summed E-state index contributed by atoms with van der Waals surface area (Å²) in [6.45, 7) is 5.69. The van der Waals surface area contributed by atoms with Gasteiger partial charge in [-0.1, -0.05) is 24.6 Å². The summed E-state index contributed by atoms with van der Waals surface area (Å²) in [5, 5.41) is 0.520. The smallest absolute Gasteiger partial charge is 0.119 e. The molecule has 0 aliphatic rings. The molecule has 0 saturated carbocycles. The van der Waals surface area contributed by atoms with Gasteiger partial charge < -0.3 is 10.5 Å². The van der Waals surface area contributed by atoms with Crippen LogP contribution in [0.5, 0.6) is 5.75 Å². The van der Waals surface area contributed by atoms with Crippen LogP contribution in [0.1, 0.15) is 12.5 Å². The summed E-state index contributed by atoms with van der Waals surface area (Å²) in [5.74, 6) is 1.94. The normalized spacial score (nSPS) is 12.5. The summed E-state index contributed by atoms with van der Waals surface area (Å²) in [5.41, 5.74) is 6.78. The molecule has 0 amide bonds. The van der Waals surface area contributed by atoms with Crippen molar-refractivity contribution >= 4 is 11.8 Å². The van der Waals surface area contributed by atoms with Gasteiger partial charge in [-0.05, 0) is 19.1 Å². The molecule has 0 spiro atoms. The van der Waals surface area contributed by atoms with Crippen LogP contribution in [0, 0.1) is 6.92 Å². The average Bonchev–Trinajstić information content (AvgIpc) is 2.26. The number of rotatable bonds is 6. The first-order valence-corrected chi connectivity index (χ1v) is 6.28. The van der Waals surface area contributed by atoms with Crippen LogP contribution < -0.4 is 10.5 Å². The molecule has 1 aromatic rings. The van der Waals surface area contributed by atoms with E-state index in [0.717, 1.165) is 24.7 Å². The molecule has 1 rings (SSSR count). The number of benzene rings is 1. The Morgan fingerprint density at radius 1 is 1.33 bits per heavy atom. The van der Waals surface area contributed by atoms with Crippen molar-refractivity contribution in [1.82, 2.24) is 0 Å². The third-order valence-electron chi connectivity index (χ3n) is 2.11. The fourth-order valence-electron chi connectivity index (χ4n) is 1.11. The first kappa shape index (κ1) is 12.4. The number of thioether (sulfide) groups is 1. The quantitative estimate of drug-likeness (QED) is 0.755. The molecule has 0 aliphatic heterocycles. The van der Waals surface area contributed by atoms with E-state index < -0.39 is 0 Å². The van der Waals surface area contributed by atoms with E-state index in [2.05, 4.69) is 26.0 Å². The van der Waals surface area contributed by atoms with Crippen LogP contribution in [0.15, 0.2) is 24.3 Å². The van der Waals surface area contributed by atoms with Crippen molar-refractivity contribution in [2.75, 3.05) is 18.9 Å². The molecule has 0 fully saturated rings. The van der Waals surface area contributed by atoms with Gasteiger partial charge in [-0.2, -0.15) is 11.8 Å². The summed E-state index contributed by atoms with van der Waals surface area (Å²) >= 11 is 1.85. The standard InChI is InChI=1S/C12H19NOS/c1-10-3-5-12(6-4-10)14-7-8-15-11(2)9-13/h3-6,11H,7-9,13H2,1-2H3. The molecule has 1 aromatic carbocycles. The lowest BCUT2D eigenvalue weighted by molar-refractivity contribution is 0.344. The van der Waals surface area contributed by atoms with E-state index in [4.69, 9.17) is 10.5 Å². The fraction of sp³-hybridized carbons (Fsp3) is 0.500. The lowest BCUT2D eigenvalue weighted by Gasteiger charge is -2.09. The SMILES string of the molecule is Cc1ccc(OCCSC(C)CN)cc1. The Morgan fingerprint density at radius 3 is 2.60 bits per heavy atom. The largest absolute Gasteiger partial charge is 0.493 e. The van der Waals surface area contributed by atoms with Crippen molar-refractivity contribution in [2.24, 2.45) is 5.73 Å². The van der Waals surface area contributed by atoms with Gasteiger partial charge in [0.1, 0.15) is 5.75 Å². The number of aryl methyl sites for hydroxylation is 1. The van der Waals surface area contributed by atoms with Gasteiger partial charge in [0, 0.05) is 17.5 Å². The van der Waals surface area contributed by atoms with E-state index in [-0.39, 0.29) is 0 Å². The zero-order valence-electron chi connectivity index (χ0n) is 9.40. The first-order chi connectivity index (χ1) is 7.22. The Labute approximate surface area is 96.2 Å². The first-order valence-electron chi connectivity index (χ1n) is 5.23. The molecule has 1 unspecified atom stereocenters. The van der Waals surface area contributed by atoms with Gasteiger partial charge in [-0.15, -0.1) is 0 Å². The van der Waals surface area contributed by atoms with Gasteiger partial charge in [0.05, 0.1) is 6.61 Å². The van der Waals surface area contributed by atoms with Crippen LogP contribution >= 0.6 is 11.8 Å². The molecular formula is C12H19NOS. The average molecular weight is 225 g/mol. The zero-order valence-corrected chi connectivity index (χ0v) is 10.2. The van der Waals surface area contributed by atoms with Crippen molar-refractivity contribution in [2.45, 2.75) is 19.1 Å². The minimum Gasteiger partial charge on any atom is -0.493 e. The Kier molecular flexibility index (Phi) is 5.58. The molecule has 2 nitrogen and oxygen atoms in total. The predicted molar refractivity (Wildman–Crippen MR) is 67.6 cm³/mol. The Morgan fingerprint density at radius 2 is 2.00 bits per heavy atom. The van der Waals surface area contributed by atoms with Gasteiger partial charge in [0.25, 0.3) is 0 Å². The molecule has 15 heavy (non-hydrogen) atoms. The maximum Gasteiger partial charge on any atom is 0.119 e. The minimum absolute atomic E-state index is 0.520. The fourth-order valence-corrected chi connectivity index (χ4v) is 1.83. The van der Waals surface area contributed by atoms with E-state index in [0.29, 0.717) is 5.25 Å². The van der Waals surface area contributed by atoms with Gasteiger partial charge in [0.15, 0.2) is 0 Å². The monoisotopic (exact) mass is 225 g/mol. The van der Waals surface area contributed by atoms with Crippen LogP contribution in [-0.4, -0.2) is 24.2 Å². The number of hydrogen-bond acceptors (Lipinski definition) is 3. The molecule has 1 atom stereocenters. The van der Waals surface area contributed by atoms with Gasteiger partial charge in [-0.25, -0.2) is 0 Å². The third kappa shape index (κ3) is 5.09. The van der Waals surface area contributed by atoms with Crippen LogP contribution in [0.3, 0.4) is 0 Å². The van der Waals surface area contributed by atoms with Crippen molar-refractivity contribution in [3.8, 4) is 5.75 Å². The number of ether oxygens (including phenoxy) is 1. The highest BCUT2D eigenvalue weighted by Crippen LogP contribution is 2.13. The summed E-state index contributed by atoms with van der Waals surface area (Å²) in [4.78, 5) is 0. The molecule has 0 aliphatic carbocycles. The van der Waals surface area contributed by atoms with Gasteiger partial charge in [-0.3, -0.25) is 0 Å². The predicted octanol–water partition coefficient (Wildman–Crippen LogP) is 2.45. The molecule has 0 saturated heterocycles. The van der Waals surface area contributed by atoms with E-state index in [1.807, 2.05) is 23.9 Å². The van der Waals surface area contributed by atoms with Gasteiger partial charge >= 0.3 is 0 Å². The number of nitrogens with two attached hydrogens (primary N) is 1. The van der Waals surface area contributed by atoms with E-state index in [9.17, 15) is 0 Å². The highest BCUT2D eigenvalue weighted by atomic mass is 32.2. The lowest BCUT2D eigenvalue weighted by atomic mass is 10.2. The minimum atomic E-state index is 0.520. The number of hydrogen-bond donors (Lipinski definition) is 1. The summed E-state index contributed by atoms with van der Waals surface area (Å²) in [6.07, 6.45) is 0. The van der Waals surface area contributed by atoms with E-state index >= 15 is 0 Å². The Hall–Kier alpha value is -0.670. The van der Waals surface area contributed by atoms with E-state index in [1.165, 1.54) is 5.56 Å². The topological polar surface area (TPSA) is 35.2 Å². The highest BCUT2D eigenvalue weighted by Gasteiger charge is 1.99. The van der Waals surface area contributed by atoms with E-state index in [1.54, 1.807) is 0 Å². The van der Waals surface area contributed by atoms with Crippen LogP contribution in [-0.2, 0) is 0 Å². The van der Waals surface area contributed by atoms with Gasteiger partial charge in [0.2, 0.25) is 0 Å². The second-order valence-electron chi connectivity index (χ2n) is 3.58. The maximum absolute atomic E-state index is 5.59. The zero-order chi connectivity index (χ0) is 11.1. The van der Waals surface area contributed by atoms with Crippen molar-refractivity contribution in [1.29, 1.82) is 0 Å².